The Morgan fingerprint density at radius 2 is 1.44 bits per heavy atom. The van der Waals surface area contributed by atoms with Crippen molar-refractivity contribution in [1.82, 2.24) is 0 Å². The zero-order chi connectivity index (χ0) is 6.43. The molecule has 0 aromatic heterocycles. The van der Waals surface area contributed by atoms with Crippen molar-refractivity contribution in [3.8, 4) is 0 Å². The lowest BCUT2D eigenvalue weighted by Crippen LogP contribution is -2.19. The largest absolute Gasteiger partial charge is 0.121 e. The van der Waals surface area contributed by atoms with Gasteiger partial charge in [-0.3, -0.25) is 0 Å². The van der Waals surface area contributed by atoms with Gasteiger partial charge in [0.2, 0.25) is 0 Å². The van der Waals surface area contributed by atoms with Gasteiger partial charge in [-0.1, -0.05) is 12.2 Å². The molecule has 2 heteroatoms. The van der Waals surface area contributed by atoms with Crippen LogP contribution in [-0.2, 0) is 0 Å². The van der Waals surface area contributed by atoms with Crippen LogP contribution in [0.1, 0.15) is 6.42 Å². The third-order valence-corrected chi connectivity index (χ3v) is 3.59. The van der Waals surface area contributed by atoms with Gasteiger partial charge < -0.3 is 0 Å². The topological polar surface area (TPSA) is 0 Å². The Balaban J connectivity index is 2.26. The van der Waals surface area contributed by atoms with Gasteiger partial charge in [0.05, 0.1) is 10.8 Å². The van der Waals surface area contributed by atoms with Crippen LogP contribution in [0.3, 0.4) is 0 Å². The van der Waals surface area contributed by atoms with E-state index >= 15 is 0 Å². The third-order valence-electron chi connectivity index (χ3n) is 2.27. The Morgan fingerprint density at radius 3 is 1.67 bits per heavy atom. The molecular weight excluding hydrogens is 155 g/mol. The fourth-order valence-electron chi connectivity index (χ4n) is 1.70. The lowest BCUT2D eigenvalue weighted by molar-refractivity contribution is 0.694. The van der Waals surface area contributed by atoms with Crippen LogP contribution in [0.15, 0.2) is 12.2 Å². The molecule has 0 saturated heterocycles. The summed E-state index contributed by atoms with van der Waals surface area (Å²) in [6, 6.07) is 0. The predicted molar refractivity (Wildman–Crippen MR) is 40.0 cm³/mol. The number of fused-ring (bicyclic) bond motifs is 2. The molecule has 0 amide bonds. The number of alkyl halides is 2. The van der Waals surface area contributed by atoms with E-state index in [1.165, 1.54) is 6.42 Å². The van der Waals surface area contributed by atoms with Crippen molar-refractivity contribution in [3.05, 3.63) is 12.2 Å². The second kappa shape index (κ2) is 1.90. The summed E-state index contributed by atoms with van der Waals surface area (Å²) in [5.41, 5.74) is 0. The normalized spacial score (nSPS) is 54.9. The highest BCUT2D eigenvalue weighted by Gasteiger charge is 2.42. The maximum absolute atomic E-state index is 5.98. The summed E-state index contributed by atoms with van der Waals surface area (Å²) in [5, 5.41) is 0.392. The Morgan fingerprint density at radius 1 is 1.00 bits per heavy atom. The summed E-state index contributed by atoms with van der Waals surface area (Å²) in [7, 11) is 0. The summed E-state index contributed by atoms with van der Waals surface area (Å²) in [6.07, 6.45) is 5.57. The molecule has 0 radical (unpaired) electrons. The van der Waals surface area contributed by atoms with Crippen molar-refractivity contribution in [3.63, 3.8) is 0 Å². The van der Waals surface area contributed by atoms with Crippen molar-refractivity contribution in [2.24, 2.45) is 11.8 Å². The van der Waals surface area contributed by atoms with E-state index in [0.717, 1.165) is 0 Å². The van der Waals surface area contributed by atoms with Crippen LogP contribution in [0.5, 0.6) is 0 Å². The van der Waals surface area contributed by atoms with Crippen LogP contribution in [0.4, 0.5) is 0 Å². The van der Waals surface area contributed by atoms with Crippen molar-refractivity contribution >= 4 is 23.2 Å². The number of allylic oxidation sites excluding steroid dienone is 2. The van der Waals surface area contributed by atoms with Gasteiger partial charge in [0, 0.05) is 0 Å². The maximum Gasteiger partial charge on any atom is 0.0568 e. The highest BCUT2D eigenvalue weighted by Crippen LogP contribution is 2.44. The monoisotopic (exact) mass is 162 g/mol. The molecule has 50 valence electrons. The average Bonchev–Trinajstić information content (AvgIpc) is 2.37. The van der Waals surface area contributed by atoms with Crippen molar-refractivity contribution in [2.45, 2.75) is 17.2 Å². The van der Waals surface area contributed by atoms with Gasteiger partial charge >= 0.3 is 0 Å². The first kappa shape index (κ1) is 6.06. The van der Waals surface area contributed by atoms with Crippen LogP contribution >= 0.6 is 23.2 Å². The molecule has 4 atom stereocenters. The maximum atomic E-state index is 5.98. The molecule has 2 aliphatic rings. The van der Waals surface area contributed by atoms with Crippen molar-refractivity contribution in [2.75, 3.05) is 0 Å². The van der Waals surface area contributed by atoms with Crippen LogP contribution in [0.25, 0.3) is 0 Å². The van der Waals surface area contributed by atoms with Gasteiger partial charge in [0.15, 0.2) is 0 Å². The molecule has 1 saturated carbocycles. The minimum Gasteiger partial charge on any atom is -0.121 e. The predicted octanol–water partition coefficient (Wildman–Crippen LogP) is 2.41. The summed E-state index contributed by atoms with van der Waals surface area (Å²) < 4.78 is 0. The first-order valence-electron chi connectivity index (χ1n) is 3.25. The van der Waals surface area contributed by atoms with Gasteiger partial charge in [0.1, 0.15) is 0 Å². The molecule has 9 heavy (non-hydrogen) atoms. The molecule has 1 fully saturated rings. The molecule has 0 aromatic carbocycles. The quantitative estimate of drug-likeness (QED) is 0.380. The number of hydrogen-bond acceptors (Lipinski definition) is 0. The molecule has 0 nitrogen and oxygen atoms in total. The van der Waals surface area contributed by atoms with E-state index in [0.29, 0.717) is 11.8 Å². The lowest BCUT2D eigenvalue weighted by atomic mass is 10.1. The van der Waals surface area contributed by atoms with Gasteiger partial charge in [-0.05, 0) is 18.3 Å². The molecule has 0 heterocycles. The van der Waals surface area contributed by atoms with E-state index in [1.807, 2.05) is 0 Å². The van der Waals surface area contributed by atoms with Crippen molar-refractivity contribution in [1.29, 1.82) is 0 Å². The summed E-state index contributed by atoms with van der Waals surface area (Å²) in [6.45, 7) is 0. The van der Waals surface area contributed by atoms with E-state index < -0.39 is 0 Å². The molecule has 0 aromatic rings. The fraction of sp³-hybridized carbons (Fsp3) is 0.714. The van der Waals surface area contributed by atoms with Crippen LogP contribution < -0.4 is 0 Å². The number of rotatable bonds is 0. The molecule has 0 unspecified atom stereocenters. The Hall–Kier alpha value is 0.320. The minimum atomic E-state index is 0.196. The van der Waals surface area contributed by atoms with Crippen LogP contribution in [0, 0.1) is 11.8 Å². The fourth-order valence-corrected chi connectivity index (χ4v) is 2.45. The Bertz CT molecular complexity index is 137. The summed E-state index contributed by atoms with van der Waals surface area (Å²) in [4.78, 5) is 0. The van der Waals surface area contributed by atoms with Gasteiger partial charge in [-0.25, -0.2) is 0 Å². The van der Waals surface area contributed by atoms with E-state index in [4.69, 9.17) is 23.2 Å². The molecule has 0 spiro atoms. The Kier molecular flexibility index (Phi) is 1.28. The van der Waals surface area contributed by atoms with Crippen LogP contribution in [-0.4, -0.2) is 10.8 Å². The zero-order valence-electron chi connectivity index (χ0n) is 4.93. The second-order valence-corrected chi connectivity index (χ2v) is 3.85. The molecule has 2 bridgehead atoms. The van der Waals surface area contributed by atoms with Gasteiger partial charge in [0.25, 0.3) is 0 Å². The van der Waals surface area contributed by atoms with Crippen molar-refractivity contribution < 1.29 is 0 Å². The number of halogens is 2. The highest BCUT2D eigenvalue weighted by molar-refractivity contribution is 6.31. The first-order valence-corrected chi connectivity index (χ1v) is 4.13. The molecule has 0 N–H and O–H groups in total. The molecular formula is C7H8Cl2. The molecule has 2 aliphatic carbocycles. The third kappa shape index (κ3) is 0.731. The van der Waals surface area contributed by atoms with E-state index in [-0.39, 0.29) is 10.8 Å². The van der Waals surface area contributed by atoms with Gasteiger partial charge in [-0.15, -0.1) is 23.2 Å². The van der Waals surface area contributed by atoms with E-state index in [1.54, 1.807) is 0 Å². The number of hydrogen-bond donors (Lipinski definition) is 0. The minimum absolute atomic E-state index is 0.196. The zero-order valence-corrected chi connectivity index (χ0v) is 6.44. The van der Waals surface area contributed by atoms with Gasteiger partial charge in [-0.2, -0.15) is 0 Å². The SMILES string of the molecule is Cl[C@H]1[C@H](Cl)[C@H]2C=C[C@@H]1C2. The average molecular weight is 163 g/mol. The lowest BCUT2D eigenvalue weighted by Gasteiger charge is -2.15. The second-order valence-electron chi connectivity index (χ2n) is 2.84. The highest BCUT2D eigenvalue weighted by atomic mass is 35.5. The smallest absolute Gasteiger partial charge is 0.0568 e. The summed E-state index contributed by atoms with van der Waals surface area (Å²) in [5.74, 6) is 1.14. The van der Waals surface area contributed by atoms with Crippen LogP contribution in [0.2, 0.25) is 0 Å². The molecule has 2 rings (SSSR count). The Labute approximate surface area is 64.8 Å². The summed E-state index contributed by atoms with van der Waals surface area (Å²) >= 11 is 12.0. The molecule has 0 aliphatic heterocycles. The first-order chi connectivity index (χ1) is 4.29. The van der Waals surface area contributed by atoms with E-state index in [2.05, 4.69) is 12.2 Å². The standard InChI is InChI=1S/C7H8Cl2/c8-6-4-1-2-5(3-4)7(6)9/h1-2,4-7H,3H2/t4-,5+,6-,7-/m1/s1. The van der Waals surface area contributed by atoms with E-state index in [9.17, 15) is 0 Å².